The van der Waals surface area contributed by atoms with E-state index in [1.807, 2.05) is 32.0 Å². The first-order chi connectivity index (χ1) is 13.5. The van der Waals surface area contributed by atoms with E-state index in [4.69, 9.17) is 15.9 Å². The minimum Gasteiger partial charge on any atom is -0.404 e. The van der Waals surface area contributed by atoms with Crippen LogP contribution in [-0.4, -0.2) is 42.4 Å². The first kappa shape index (κ1) is 19.8. The molecule has 1 aliphatic rings. The van der Waals surface area contributed by atoms with Crippen molar-refractivity contribution in [3.8, 4) is 0 Å². The van der Waals surface area contributed by atoms with E-state index in [-0.39, 0.29) is 18.0 Å². The molecular weight excluding hydrogens is 354 g/mol. The van der Waals surface area contributed by atoms with Gasteiger partial charge in [0.05, 0.1) is 16.8 Å². The molecule has 0 spiro atoms. The SMILES string of the molecule is CC(C)Nc1c(C(=O)NC2CCOCC2)cnc2ccc(/C(C=N)=C/N)cc12. The molecule has 7 heteroatoms. The third kappa shape index (κ3) is 4.31. The predicted molar refractivity (Wildman–Crippen MR) is 113 cm³/mol. The van der Waals surface area contributed by atoms with E-state index in [1.54, 1.807) is 6.20 Å². The van der Waals surface area contributed by atoms with Crippen LogP contribution >= 0.6 is 0 Å². The Hall–Kier alpha value is -2.93. The largest absolute Gasteiger partial charge is 0.404 e. The van der Waals surface area contributed by atoms with Gasteiger partial charge in [-0.05, 0) is 44.4 Å². The first-order valence-electron chi connectivity index (χ1n) is 9.54. The van der Waals surface area contributed by atoms with Crippen LogP contribution in [0.3, 0.4) is 0 Å². The summed E-state index contributed by atoms with van der Waals surface area (Å²) in [6, 6.07) is 5.92. The topological polar surface area (TPSA) is 113 Å². The van der Waals surface area contributed by atoms with Gasteiger partial charge in [-0.15, -0.1) is 0 Å². The minimum atomic E-state index is -0.142. The van der Waals surface area contributed by atoms with E-state index in [0.717, 1.165) is 35.0 Å². The van der Waals surface area contributed by atoms with Crippen molar-refractivity contribution in [2.75, 3.05) is 18.5 Å². The number of anilines is 1. The number of pyridine rings is 1. The number of allylic oxidation sites excluding steroid dienone is 1. The lowest BCUT2D eigenvalue weighted by Gasteiger charge is -2.24. The fourth-order valence-corrected chi connectivity index (χ4v) is 3.32. The third-order valence-electron chi connectivity index (χ3n) is 4.77. The second kappa shape index (κ2) is 8.84. The van der Waals surface area contributed by atoms with Crippen molar-refractivity contribution < 1.29 is 9.53 Å². The Morgan fingerprint density at radius 1 is 1.36 bits per heavy atom. The Morgan fingerprint density at radius 2 is 2.11 bits per heavy atom. The Labute approximate surface area is 164 Å². The standard InChI is InChI=1S/C21H27N5O2/c1-13(2)25-20-17-9-14(15(10-22)11-23)3-4-19(17)24-12-18(20)21(27)26-16-5-7-28-8-6-16/h3-4,9-13,16,22H,5-8,23H2,1-2H3,(H,24,25)(H,26,27)/b15-11+,22-10?. The van der Waals surface area contributed by atoms with Crippen LogP contribution in [0.1, 0.15) is 42.6 Å². The van der Waals surface area contributed by atoms with Crippen LogP contribution < -0.4 is 16.4 Å². The molecule has 7 nitrogen and oxygen atoms in total. The second-order valence-corrected chi connectivity index (χ2v) is 7.20. The number of rotatable bonds is 6. The van der Waals surface area contributed by atoms with Gasteiger partial charge in [0.1, 0.15) is 0 Å². The van der Waals surface area contributed by atoms with Crippen molar-refractivity contribution in [2.24, 2.45) is 5.73 Å². The van der Waals surface area contributed by atoms with E-state index in [2.05, 4.69) is 15.6 Å². The molecule has 5 N–H and O–H groups in total. The normalized spacial score (nSPS) is 15.6. The summed E-state index contributed by atoms with van der Waals surface area (Å²) in [4.78, 5) is 17.5. The molecule has 2 aromatic rings. The number of nitrogens with one attached hydrogen (secondary N) is 3. The van der Waals surface area contributed by atoms with E-state index in [0.29, 0.717) is 24.4 Å². The zero-order valence-corrected chi connectivity index (χ0v) is 16.3. The molecule has 1 aromatic heterocycles. The molecule has 0 bridgehead atoms. The number of fused-ring (bicyclic) bond motifs is 1. The van der Waals surface area contributed by atoms with Crippen molar-refractivity contribution in [1.82, 2.24) is 10.3 Å². The van der Waals surface area contributed by atoms with Gasteiger partial charge in [-0.2, -0.15) is 0 Å². The van der Waals surface area contributed by atoms with Crippen LogP contribution in [0, 0.1) is 5.41 Å². The summed E-state index contributed by atoms with van der Waals surface area (Å²) < 4.78 is 5.37. The lowest BCUT2D eigenvalue weighted by atomic mass is 10.0. The average Bonchev–Trinajstić information content (AvgIpc) is 2.69. The number of amides is 1. The van der Waals surface area contributed by atoms with Crippen LogP contribution in [-0.2, 0) is 4.74 Å². The highest BCUT2D eigenvalue weighted by atomic mass is 16.5. The number of hydrogen-bond donors (Lipinski definition) is 4. The number of aromatic nitrogens is 1. The Balaban J connectivity index is 2.05. The molecule has 0 saturated carbocycles. The quantitative estimate of drug-likeness (QED) is 0.575. The molecular formula is C21H27N5O2. The molecule has 1 saturated heterocycles. The van der Waals surface area contributed by atoms with Crippen molar-refractivity contribution in [1.29, 1.82) is 5.41 Å². The molecule has 28 heavy (non-hydrogen) atoms. The van der Waals surface area contributed by atoms with Gasteiger partial charge in [-0.25, -0.2) is 0 Å². The summed E-state index contributed by atoms with van der Waals surface area (Å²) in [7, 11) is 0. The van der Waals surface area contributed by atoms with Gasteiger partial charge in [-0.3, -0.25) is 9.78 Å². The maximum Gasteiger partial charge on any atom is 0.255 e. The summed E-state index contributed by atoms with van der Waals surface area (Å²) >= 11 is 0. The van der Waals surface area contributed by atoms with E-state index < -0.39 is 0 Å². The predicted octanol–water partition coefficient (Wildman–Crippen LogP) is 2.91. The van der Waals surface area contributed by atoms with Gasteiger partial charge in [0.25, 0.3) is 5.91 Å². The average molecular weight is 381 g/mol. The lowest BCUT2D eigenvalue weighted by Crippen LogP contribution is -2.39. The molecule has 1 aromatic carbocycles. The fraction of sp³-hybridized carbons (Fsp3) is 0.381. The molecule has 0 aliphatic carbocycles. The molecule has 1 fully saturated rings. The summed E-state index contributed by atoms with van der Waals surface area (Å²) in [5.41, 5.74) is 9.08. The maximum atomic E-state index is 13.0. The summed E-state index contributed by atoms with van der Waals surface area (Å²) in [5.74, 6) is -0.142. The molecule has 148 valence electrons. The molecule has 3 rings (SSSR count). The summed E-state index contributed by atoms with van der Waals surface area (Å²) in [6.45, 7) is 5.39. The maximum absolute atomic E-state index is 13.0. The van der Waals surface area contributed by atoms with Crippen LogP contribution in [0.5, 0.6) is 0 Å². The van der Waals surface area contributed by atoms with Gasteiger partial charge in [0.2, 0.25) is 0 Å². The van der Waals surface area contributed by atoms with Crippen LogP contribution in [0.4, 0.5) is 5.69 Å². The fourth-order valence-electron chi connectivity index (χ4n) is 3.32. The Kier molecular flexibility index (Phi) is 6.26. The summed E-state index contributed by atoms with van der Waals surface area (Å²) in [5, 5.41) is 14.9. The van der Waals surface area contributed by atoms with Gasteiger partial charge in [0.15, 0.2) is 0 Å². The van der Waals surface area contributed by atoms with Crippen LogP contribution in [0.2, 0.25) is 0 Å². The number of nitrogens with zero attached hydrogens (tertiary/aromatic N) is 1. The van der Waals surface area contributed by atoms with E-state index >= 15 is 0 Å². The number of carbonyl (C=O) groups excluding carboxylic acids is 1. The molecule has 0 unspecified atom stereocenters. The van der Waals surface area contributed by atoms with Gasteiger partial charge >= 0.3 is 0 Å². The van der Waals surface area contributed by atoms with Crippen LogP contribution in [0.15, 0.2) is 30.6 Å². The van der Waals surface area contributed by atoms with Gasteiger partial charge in [-0.1, -0.05) is 6.07 Å². The van der Waals surface area contributed by atoms with Gasteiger partial charge in [0, 0.05) is 54.9 Å². The number of nitrogens with two attached hydrogens (primary N) is 1. The smallest absolute Gasteiger partial charge is 0.255 e. The number of hydrogen-bond acceptors (Lipinski definition) is 6. The number of benzene rings is 1. The molecule has 1 aliphatic heterocycles. The minimum absolute atomic E-state index is 0.111. The monoisotopic (exact) mass is 381 g/mol. The van der Waals surface area contributed by atoms with Crippen molar-refractivity contribution in [3.05, 3.63) is 41.7 Å². The lowest BCUT2D eigenvalue weighted by molar-refractivity contribution is 0.0697. The first-order valence-corrected chi connectivity index (χ1v) is 9.54. The highest BCUT2D eigenvalue weighted by molar-refractivity contribution is 6.11. The zero-order chi connectivity index (χ0) is 20.1. The second-order valence-electron chi connectivity index (χ2n) is 7.20. The third-order valence-corrected chi connectivity index (χ3v) is 4.77. The highest BCUT2D eigenvalue weighted by Crippen LogP contribution is 2.29. The van der Waals surface area contributed by atoms with Crippen molar-refractivity contribution in [2.45, 2.75) is 38.8 Å². The highest BCUT2D eigenvalue weighted by Gasteiger charge is 2.21. The molecule has 0 atom stereocenters. The van der Waals surface area contributed by atoms with Crippen molar-refractivity contribution in [3.63, 3.8) is 0 Å². The van der Waals surface area contributed by atoms with Gasteiger partial charge < -0.3 is 26.5 Å². The van der Waals surface area contributed by atoms with E-state index in [9.17, 15) is 4.79 Å². The molecule has 0 radical (unpaired) electrons. The number of ether oxygens (including phenoxy) is 1. The summed E-state index contributed by atoms with van der Waals surface area (Å²) in [6.07, 6.45) is 5.87. The number of carbonyl (C=O) groups is 1. The molecule has 2 heterocycles. The van der Waals surface area contributed by atoms with E-state index in [1.165, 1.54) is 12.4 Å². The van der Waals surface area contributed by atoms with Crippen molar-refractivity contribution >= 4 is 34.3 Å². The zero-order valence-electron chi connectivity index (χ0n) is 16.3. The molecule has 1 amide bonds. The Morgan fingerprint density at radius 3 is 2.75 bits per heavy atom. The van der Waals surface area contributed by atoms with Crippen LogP contribution in [0.25, 0.3) is 16.5 Å². The Bertz CT molecular complexity index is 901.